The van der Waals surface area contributed by atoms with Crippen LogP contribution in [-0.4, -0.2) is 44.8 Å². The Labute approximate surface area is 208 Å². The van der Waals surface area contributed by atoms with Gasteiger partial charge in [0.25, 0.3) is 0 Å². The van der Waals surface area contributed by atoms with Crippen LogP contribution >= 0.6 is 0 Å². The fraction of sp³-hybridized carbons (Fsp3) is 0.393. The molecule has 3 N–H and O–H groups in total. The number of hydrogen-bond acceptors (Lipinski definition) is 6. The van der Waals surface area contributed by atoms with Gasteiger partial charge in [0.2, 0.25) is 5.95 Å². The highest BCUT2D eigenvalue weighted by atomic mass is 15.1. The Morgan fingerprint density at radius 2 is 1.94 bits per heavy atom. The van der Waals surface area contributed by atoms with Crippen molar-refractivity contribution in [3.8, 4) is 0 Å². The molecule has 184 valence electrons. The van der Waals surface area contributed by atoms with Crippen LogP contribution < -0.4 is 10.6 Å². The van der Waals surface area contributed by atoms with E-state index in [2.05, 4.69) is 82.8 Å². The molecule has 0 spiro atoms. The standard InChI is InChI=1S/C28H37N7/c1-19(28(3,4)5)24-18-34(6)25-10-9-22(15-23(24)25)32-27-30-12-11-26(33-27)31-16-21(20(2)29)17-35-13-7-8-14-35/h9-12,15-16,18,29H,1,7-8,13-14,17H2,2-6H3,(H2,30,31,32,33)/b21-16-,29-20?. The highest BCUT2D eigenvalue weighted by Gasteiger charge is 2.20. The number of hydrogen-bond donors (Lipinski definition) is 3. The van der Waals surface area contributed by atoms with E-state index in [1.54, 1.807) is 6.20 Å². The van der Waals surface area contributed by atoms with Crippen molar-refractivity contribution in [3.63, 3.8) is 0 Å². The average molecular weight is 472 g/mol. The summed E-state index contributed by atoms with van der Waals surface area (Å²) in [6.07, 6.45) is 8.25. The average Bonchev–Trinajstić information content (AvgIpc) is 3.43. The summed E-state index contributed by atoms with van der Waals surface area (Å²) in [4.78, 5) is 11.4. The molecular weight excluding hydrogens is 434 g/mol. The molecule has 3 aromatic rings. The van der Waals surface area contributed by atoms with Crippen LogP contribution in [0.5, 0.6) is 0 Å². The number of benzene rings is 1. The molecule has 7 nitrogen and oxygen atoms in total. The van der Waals surface area contributed by atoms with Crippen LogP contribution in [0.3, 0.4) is 0 Å². The lowest BCUT2D eigenvalue weighted by Crippen LogP contribution is -2.24. The molecule has 0 atom stereocenters. The van der Waals surface area contributed by atoms with E-state index >= 15 is 0 Å². The topological polar surface area (TPSA) is 81.9 Å². The van der Waals surface area contributed by atoms with Crippen LogP contribution in [0, 0.1) is 10.8 Å². The van der Waals surface area contributed by atoms with Crippen LogP contribution in [0.2, 0.25) is 0 Å². The van der Waals surface area contributed by atoms with Gasteiger partial charge in [-0.2, -0.15) is 4.98 Å². The van der Waals surface area contributed by atoms with Crippen LogP contribution in [-0.2, 0) is 7.05 Å². The Balaban J connectivity index is 1.53. The maximum atomic E-state index is 8.14. The highest BCUT2D eigenvalue weighted by Crippen LogP contribution is 2.38. The van der Waals surface area contributed by atoms with Crippen molar-refractivity contribution in [1.29, 1.82) is 5.41 Å². The predicted octanol–water partition coefficient (Wildman–Crippen LogP) is 6.20. The summed E-state index contributed by atoms with van der Waals surface area (Å²) in [6.45, 7) is 15.8. The van der Waals surface area contributed by atoms with Gasteiger partial charge in [0.1, 0.15) is 5.82 Å². The van der Waals surface area contributed by atoms with Crippen LogP contribution in [0.25, 0.3) is 16.5 Å². The largest absolute Gasteiger partial charge is 0.350 e. The minimum atomic E-state index is -0.0171. The van der Waals surface area contributed by atoms with Crippen LogP contribution in [0.15, 0.2) is 55.0 Å². The minimum absolute atomic E-state index is 0.0171. The first-order valence-electron chi connectivity index (χ1n) is 12.2. The number of nitrogens with one attached hydrogen (secondary N) is 3. The monoisotopic (exact) mass is 471 g/mol. The van der Waals surface area contributed by atoms with Crippen LogP contribution in [0.4, 0.5) is 17.5 Å². The maximum absolute atomic E-state index is 8.14. The number of allylic oxidation sites excluding steroid dienone is 1. The number of anilines is 3. The molecule has 0 bridgehead atoms. The van der Waals surface area contributed by atoms with Crippen molar-refractivity contribution >= 4 is 39.6 Å². The third kappa shape index (κ3) is 5.80. The van der Waals surface area contributed by atoms with E-state index in [0.717, 1.165) is 52.9 Å². The first kappa shape index (κ1) is 24.7. The van der Waals surface area contributed by atoms with E-state index in [9.17, 15) is 0 Å². The van der Waals surface area contributed by atoms with Crippen molar-refractivity contribution in [2.24, 2.45) is 12.5 Å². The van der Waals surface area contributed by atoms with Crippen molar-refractivity contribution in [1.82, 2.24) is 19.4 Å². The molecule has 1 saturated heterocycles. The first-order chi connectivity index (χ1) is 16.6. The van der Waals surface area contributed by atoms with Gasteiger partial charge in [0.05, 0.1) is 0 Å². The zero-order valence-electron chi connectivity index (χ0n) is 21.6. The normalized spacial score (nSPS) is 14.9. The molecule has 7 heteroatoms. The van der Waals surface area contributed by atoms with Gasteiger partial charge >= 0.3 is 0 Å². The van der Waals surface area contributed by atoms with Gasteiger partial charge in [-0.3, -0.25) is 4.90 Å². The lowest BCUT2D eigenvalue weighted by Gasteiger charge is -2.21. The summed E-state index contributed by atoms with van der Waals surface area (Å²) >= 11 is 0. The van der Waals surface area contributed by atoms with Crippen molar-refractivity contribution in [2.45, 2.75) is 40.5 Å². The van der Waals surface area contributed by atoms with Crippen molar-refractivity contribution in [2.75, 3.05) is 30.3 Å². The van der Waals surface area contributed by atoms with Gasteiger partial charge in [-0.1, -0.05) is 27.4 Å². The van der Waals surface area contributed by atoms with Crippen molar-refractivity contribution in [3.05, 3.63) is 60.6 Å². The van der Waals surface area contributed by atoms with Crippen LogP contribution in [0.1, 0.15) is 46.1 Å². The van der Waals surface area contributed by atoms with E-state index in [-0.39, 0.29) is 5.41 Å². The van der Waals surface area contributed by atoms with E-state index in [4.69, 9.17) is 5.41 Å². The number of rotatable bonds is 8. The molecule has 35 heavy (non-hydrogen) atoms. The molecule has 4 rings (SSSR count). The summed E-state index contributed by atoms with van der Waals surface area (Å²) < 4.78 is 2.14. The Bertz CT molecular complexity index is 1270. The molecule has 1 aromatic carbocycles. The van der Waals surface area contributed by atoms with Gasteiger partial charge in [-0.05, 0) is 68.1 Å². The van der Waals surface area contributed by atoms with Gasteiger partial charge in [-0.15, -0.1) is 0 Å². The zero-order chi connectivity index (χ0) is 25.2. The molecule has 0 aliphatic carbocycles. The van der Waals surface area contributed by atoms with Crippen molar-refractivity contribution < 1.29 is 0 Å². The number of aromatic nitrogens is 3. The summed E-state index contributed by atoms with van der Waals surface area (Å²) in [5, 5.41) is 15.9. The quantitative estimate of drug-likeness (QED) is 0.341. The van der Waals surface area contributed by atoms with E-state index < -0.39 is 0 Å². The Kier molecular flexibility index (Phi) is 7.08. The van der Waals surface area contributed by atoms with Gasteiger partial charge < -0.3 is 20.6 Å². The number of likely N-dealkylation sites (tertiary alicyclic amines) is 1. The number of nitrogens with zero attached hydrogens (tertiary/aromatic N) is 4. The molecule has 1 aliphatic heterocycles. The summed E-state index contributed by atoms with van der Waals surface area (Å²) in [6, 6.07) is 8.12. The third-order valence-electron chi connectivity index (χ3n) is 6.60. The smallest absolute Gasteiger partial charge is 0.229 e. The first-order valence-corrected chi connectivity index (χ1v) is 12.2. The summed E-state index contributed by atoms with van der Waals surface area (Å²) in [7, 11) is 2.06. The molecule has 0 saturated carbocycles. The Hall–Kier alpha value is -3.45. The van der Waals surface area contributed by atoms with E-state index in [1.807, 2.05) is 25.3 Å². The predicted molar refractivity (Wildman–Crippen MR) is 148 cm³/mol. The highest BCUT2D eigenvalue weighted by molar-refractivity contribution is 5.96. The number of aryl methyl sites for hydroxylation is 1. The second-order valence-corrected chi connectivity index (χ2v) is 10.4. The molecule has 0 unspecified atom stereocenters. The Morgan fingerprint density at radius 3 is 2.63 bits per heavy atom. The molecule has 2 aromatic heterocycles. The molecule has 1 fully saturated rings. The Morgan fingerprint density at radius 1 is 1.20 bits per heavy atom. The third-order valence-corrected chi connectivity index (χ3v) is 6.60. The molecule has 1 aliphatic rings. The maximum Gasteiger partial charge on any atom is 0.229 e. The zero-order valence-corrected chi connectivity index (χ0v) is 21.6. The molecule has 0 radical (unpaired) electrons. The van der Waals surface area contributed by atoms with Gasteiger partial charge in [-0.25, -0.2) is 4.98 Å². The van der Waals surface area contributed by atoms with Gasteiger partial charge in [0.15, 0.2) is 0 Å². The van der Waals surface area contributed by atoms with Gasteiger partial charge in [0, 0.05) is 65.6 Å². The lowest BCUT2D eigenvalue weighted by molar-refractivity contribution is 0.373. The summed E-state index contributed by atoms with van der Waals surface area (Å²) in [5.74, 6) is 1.20. The molecule has 0 amide bonds. The minimum Gasteiger partial charge on any atom is -0.350 e. The number of fused-ring (bicyclic) bond motifs is 1. The molecule has 3 heterocycles. The lowest BCUT2D eigenvalue weighted by atomic mass is 9.83. The molecular formula is C28H37N7. The van der Waals surface area contributed by atoms with E-state index in [0.29, 0.717) is 17.5 Å². The fourth-order valence-corrected chi connectivity index (χ4v) is 4.36. The fourth-order valence-electron chi connectivity index (χ4n) is 4.36. The SMILES string of the molecule is C=C(c1cn(C)c2ccc(Nc3nccc(N/C=C(/CN4CCCC4)C(C)=N)n3)cc12)C(C)(C)C. The second kappa shape index (κ2) is 10.0. The van der Waals surface area contributed by atoms with E-state index in [1.165, 1.54) is 12.8 Å². The second-order valence-electron chi connectivity index (χ2n) is 10.4. The summed E-state index contributed by atoms with van der Waals surface area (Å²) in [5.41, 5.74) is 5.88.